The molecule has 0 aliphatic rings. The third-order valence-corrected chi connectivity index (χ3v) is 0.558. The molecule has 0 aliphatic carbocycles. The minimum absolute atomic E-state index is 0. The van der Waals surface area contributed by atoms with Crippen LogP contribution in [0.15, 0.2) is 0 Å². The Kier molecular flexibility index (Phi) is 18.1. The third kappa shape index (κ3) is 96.0. The third-order valence-electron chi connectivity index (χ3n) is 0.558. The summed E-state index contributed by atoms with van der Waals surface area (Å²) < 4.78 is 34.1. The van der Waals surface area contributed by atoms with Crippen LogP contribution in [-0.2, 0) is 10.4 Å². The van der Waals surface area contributed by atoms with E-state index < -0.39 is 10.4 Å². The predicted octanol–water partition coefficient (Wildman–Crippen LogP) is -0.974. The van der Waals surface area contributed by atoms with Gasteiger partial charge in [0.2, 0.25) is 0 Å². The van der Waals surface area contributed by atoms with Gasteiger partial charge in [-0.05, 0) is 13.0 Å². The molecule has 0 fully saturated rings. The van der Waals surface area contributed by atoms with Crippen molar-refractivity contribution in [2.24, 2.45) is 5.73 Å². The van der Waals surface area contributed by atoms with E-state index in [1.807, 2.05) is 0 Å². The first kappa shape index (κ1) is 18.0. The standard InChI is InChI=1S/C4H11N.Ca.H2O4S/c1-2-3-4-5;;1-5(2,3)4/h2-5H2,1H3;;(H2,1,2,3,4)/q;+2;/p-2. The summed E-state index contributed by atoms with van der Waals surface area (Å²) >= 11 is 0. The molecule has 0 unspecified atom stereocenters. The maximum Gasteiger partial charge on any atom is 2.00 e. The fourth-order valence-electron chi connectivity index (χ4n) is 0.204. The first-order valence-electron chi connectivity index (χ1n) is 2.78. The maximum atomic E-state index is 8.52. The molecule has 0 spiro atoms. The van der Waals surface area contributed by atoms with Gasteiger partial charge < -0.3 is 14.8 Å². The van der Waals surface area contributed by atoms with E-state index in [0.717, 1.165) is 6.54 Å². The summed E-state index contributed by atoms with van der Waals surface area (Å²) in [6, 6.07) is 0. The van der Waals surface area contributed by atoms with Gasteiger partial charge >= 0.3 is 37.7 Å². The summed E-state index contributed by atoms with van der Waals surface area (Å²) in [6.07, 6.45) is 2.39. The molecule has 11 heavy (non-hydrogen) atoms. The molecule has 0 aromatic rings. The number of hydrogen-bond acceptors (Lipinski definition) is 5. The van der Waals surface area contributed by atoms with Crippen molar-refractivity contribution in [1.82, 2.24) is 0 Å². The molecule has 0 aromatic heterocycles. The van der Waals surface area contributed by atoms with Crippen molar-refractivity contribution in [3.8, 4) is 0 Å². The zero-order chi connectivity index (χ0) is 8.62. The average molecular weight is 209 g/mol. The molecule has 0 saturated heterocycles. The van der Waals surface area contributed by atoms with Crippen LogP contribution in [0.25, 0.3) is 0 Å². The largest absolute Gasteiger partial charge is 2.00 e. The first-order chi connectivity index (χ1) is 4.41. The molecule has 0 saturated carbocycles. The Hall–Kier alpha value is 1.09. The second-order valence-corrected chi connectivity index (χ2v) is 2.37. The Morgan fingerprint density at radius 3 is 1.64 bits per heavy atom. The van der Waals surface area contributed by atoms with Crippen LogP contribution in [0.2, 0.25) is 0 Å². The Bertz CT molecular complexity index is 136. The summed E-state index contributed by atoms with van der Waals surface area (Å²) in [5.41, 5.74) is 5.14. The van der Waals surface area contributed by atoms with E-state index in [9.17, 15) is 0 Å². The molecule has 0 amide bonds. The summed E-state index contributed by atoms with van der Waals surface area (Å²) in [4.78, 5) is 0. The fraction of sp³-hybridized carbons (Fsp3) is 1.00. The minimum Gasteiger partial charge on any atom is -0.759 e. The van der Waals surface area contributed by atoms with Crippen LogP contribution >= 0.6 is 0 Å². The van der Waals surface area contributed by atoms with Crippen LogP contribution in [0, 0.1) is 0 Å². The Morgan fingerprint density at radius 2 is 1.64 bits per heavy atom. The average Bonchev–Trinajstić information content (AvgIpc) is 1.63. The van der Waals surface area contributed by atoms with E-state index in [4.69, 9.17) is 23.3 Å². The maximum absolute atomic E-state index is 8.52. The van der Waals surface area contributed by atoms with Gasteiger partial charge in [-0.1, -0.05) is 13.3 Å². The van der Waals surface area contributed by atoms with Gasteiger partial charge in [0, 0.05) is 10.4 Å². The summed E-state index contributed by atoms with van der Waals surface area (Å²) in [6.45, 7) is 2.98. The second kappa shape index (κ2) is 11.1. The van der Waals surface area contributed by atoms with Crippen molar-refractivity contribution < 1.29 is 17.5 Å². The first-order valence-corrected chi connectivity index (χ1v) is 4.12. The second-order valence-electron chi connectivity index (χ2n) is 1.55. The van der Waals surface area contributed by atoms with Crippen LogP contribution in [0.4, 0.5) is 0 Å². The molecule has 0 aromatic carbocycles. The predicted molar refractivity (Wildman–Crippen MR) is 40.2 cm³/mol. The van der Waals surface area contributed by atoms with Crippen LogP contribution in [0.1, 0.15) is 19.8 Å². The van der Waals surface area contributed by atoms with E-state index in [0.29, 0.717) is 0 Å². The molecule has 5 nitrogen and oxygen atoms in total. The van der Waals surface area contributed by atoms with Gasteiger partial charge in [0.25, 0.3) is 0 Å². The zero-order valence-electron chi connectivity index (χ0n) is 6.45. The topological polar surface area (TPSA) is 106 Å². The van der Waals surface area contributed by atoms with Crippen molar-refractivity contribution in [3.05, 3.63) is 0 Å². The number of unbranched alkanes of at least 4 members (excludes halogenated alkanes) is 1. The molecule has 64 valence electrons. The van der Waals surface area contributed by atoms with Crippen LogP contribution in [-0.4, -0.2) is 61.8 Å². The van der Waals surface area contributed by atoms with Gasteiger partial charge in [0.15, 0.2) is 0 Å². The van der Waals surface area contributed by atoms with Crippen molar-refractivity contribution in [3.63, 3.8) is 0 Å². The van der Waals surface area contributed by atoms with Gasteiger partial charge in [-0.2, -0.15) is 0 Å². The van der Waals surface area contributed by atoms with Gasteiger partial charge in [-0.15, -0.1) is 0 Å². The van der Waals surface area contributed by atoms with Gasteiger partial charge in [0.05, 0.1) is 0 Å². The molecular weight excluding hydrogens is 198 g/mol. The van der Waals surface area contributed by atoms with E-state index in [-0.39, 0.29) is 37.7 Å². The Morgan fingerprint density at radius 1 is 1.36 bits per heavy atom. The quantitative estimate of drug-likeness (QED) is 0.357. The molecule has 0 rings (SSSR count). The minimum atomic E-state index is -5.17. The van der Waals surface area contributed by atoms with E-state index in [1.165, 1.54) is 12.8 Å². The number of hydrogen-bond donors (Lipinski definition) is 1. The van der Waals surface area contributed by atoms with Gasteiger partial charge in [-0.25, -0.2) is 0 Å². The molecule has 2 N–H and O–H groups in total. The summed E-state index contributed by atoms with van der Waals surface area (Å²) in [5, 5.41) is 0. The number of nitrogens with two attached hydrogens (primary N) is 1. The molecule has 0 radical (unpaired) electrons. The van der Waals surface area contributed by atoms with E-state index in [1.54, 1.807) is 0 Å². The molecule has 0 aliphatic heterocycles. The SMILES string of the molecule is CCCCN.O=S(=O)([O-])[O-].[Ca+2]. The van der Waals surface area contributed by atoms with Crippen molar-refractivity contribution >= 4 is 48.1 Å². The van der Waals surface area contributed by atoms with Gasteiger partial charge in [0.1, 0.15) is 0 Å². The van der Waals surface area contributed by atoms with Crippen molar-refractivity contribution in [1.29, 1.82) is 0 Å². The molecule has 0 bridgehead atoms. The normalized spacial score (nSPS) is 9.09. The molecule has 7 heteroatoms. The molecule has 0 heterocycles. The Labute approximate surface area is 96.9 Å². The molecular formula is C4H11CaNO4S. The molecule has 0 atom stereocenters. The monoisotopic (exact) mass is 209 g/mol. The van der Waals surface area contributed by atoms with E-state index >= 15 is 0 Å². The Balaban J connectivity index is -0.000000107. The zero-order valence-corrected chi connectivity index (χ0v) is 9.47. The smallest absolute Gasteiger partial charge is 0.759 e. The fourth-order valence-corrected chi connectivity index (χ4v) is 0.204. The van der Waals surface area contributed by atoms with E-state index in [2.05, 4.69) is 6.92 Å². The van der Waals surface area contributed by atoms with Gasteiger partial charge in [-0.3, -0.25) is 8.42 Å². The number of rotatable bonds is 2. The van der Waals surface area contributed by atoms with Crippen LogP contribution < -0.4 is 5.73 Å². The van der Waals surface area contributed by atoms with Crippen molar-refractivity contribution in [2.75, 3.05) is 6.54 Å². The van der Waals surface area contributed by atoms with Crippen LogP contribution in [0.3, 0.4) is 0 Å². The summed E-state index contributed by atoms with van der Waals surface area (Å²) in [5.74, 6) is 0. The van der Waals surface area contributed by atoms with Crippen LogP contribution in [0.5, 0.6) is 0 Å². The van der Waals surface area contributed by atoms with Crippen molar-refractivity contribution in [2.45, 2.75) is 19.8 Å². The summed E-state index contributed by atoms with van der Waals surface area (Å²) in [7, 11) is -5.17.